The minimum atomic E-state index is -0.639. The zero-order valence-electron chi connectivity index (χ0n) is 19.1. The number of carbonyl (C=O) groups excluding carboxylic acids is 3. The molecule has 33 heavy (non-hydrogen) atoms. The second-order valence-electron chi connectivity index (χ2n) is 7.03. The summed E-state index contributed by atoms with van der Waals surface area (Å²) >= 11 is 0. The second kappa shape index (κ2) is 10.0. The molecule has 0 saturated carbocycles. The van der Waals surface area contributed by atoms with Crippen LogP contribution >= 0.6 is 0 Å². The van der Waals surface area contributed by atoms with E-state index >= 15 is 0 Å². The van der Waals surface area contributed by atoms with Crippen LogP contribution < -0.4 is 14.4 Å². The molecule has 8 nitrogen and oxygen atoms in total. The summed E-state index contributed by atoms with van der Waals surface area (Å²) in [4.78, 5) is 39.4. The Labute approximate surface area is 192 Å². The van der Waals surface area contributed by atoms with Crippen molar-refractivity contribution in [2.45, 2.75) is 13.8 Å². The van der Waals surface area contributed by atoms with Crippen LogP contribution in [0.2, 0.25) is 0 Å². The summed E-state index contributed by atoms with van der Waals surface area (Å²) in [5, 5.41) is 0. The van der Waals surface area contributed by atoms with E-state index in [1.807, 2.05) is 0 Å². The van der Waals surface area contributed by atoms with Crippen LogP contribution in [-0.4, -0.2) is 45.8 Å². The smallest absolute Gasteiger partial charge is 0.340 e. The first kappa shape index (κ1) is 23.6. The van der Waals surface area contributed by atoms with Crippen molar-refractivity contribution in [1.29, 1.82) is 0 Å². The Hall–Kier alpha value is -4.07. The van der Waals surface area contributed by atoms with Gasteiger partial charge < -0.3 is 18.9 Å². The molecule has 0 aliphatic carbocycles. The maximum Gasteiger partial charge on any atom is 0.340 e. The van der Waals surface area contributed by atoms with Crippen molar-refractivity contribution >= 4 is 29.6 Å². The molecule has 0 atom stereocenters. The van der Waals surface area contributed by atoms with Crippen molar-refractivity contribution in [2.75, 3.05) is 32.8 Å². The minimum Gasteiger partial charge on any atom is -0.497 e. The zero-order valence-corrected chi connectivity index (χ0v) is 19.1. The predicted molar refractivity (Wildman–Crippen MR) is 122 cm³/mol. The van der Waals surface area contributed by atoms with E-state index in [0.29, 0.717) is 34.0 Å². The van der Waals surface area contributed by atoms with Crippen molar-refractivity contribution in [2.24, 2.45) is 0 Å². The van der Waals surface area contributed by atoms with Gasteiger partial charge in [-0.15, -0.1) is 0 Å². The first-order valence-corrected chi connectivity index (χ1v) is 10.2. The van der Waals surface area contributed by atoms with E-state index in [1.54, 1.807) is 62.4 Å². The number of amides is 1. The molecule has 2 aromatic rings. The standard InChI is InChI=1S/C25H25NO7/c1-6-33-24(28)16-7-9-18(10-8-16)26-15(2)22(25(29)32-5)20(23(26)27)14-17-13-19(30-3)11-12-21(17)31-4/h7-14H,6H2,1-5H3/b20-14-. The number of methoxy groups -OCH3 is 3. The lowest BCUT2D eigenvalue weighted by Gasteiger charge is -2.18. The molecule has 2 aromatic carbocycles. The highest BCUT2D eigenvalue weighted by atomic mass is 16.5. The van der Waals surface area contributed by atoms with Crippen LogP contribution in [0.5, 0.6) is 11.5 Å². The van der Waals surface area contributed by atoms with Crippen LogP contribution in [0.3, 0.4) is 0 Å². The summed E-state index contributed by atoms with van der Waals surface area (Å²) in [6, 6.07) is 11.5. The summed E-state index contributed by atoms with van der Waals surface area (Å²) in [5.74, 6) is -0.429. The third-order valence-electron chi connectivity index (χ3n) is 5.16. The molecule has 0 N–H and O–H groups in total. The molecule has 1 heterocycles. The number of anilines is 1. The van der Waals surface area contributed by atoms with Crippen molar-refractivity contribution in [3.8, 4) is 11.5 Å². The summed E-state index contributed by atoms with van der Waals surface area (Å²) < 4.78 is 20.6. The Balaban J connectivity index is 2.09. The van der Waals surface area contributed by atoms with Crippen LogP contribution in [0.25, 0.3) is 6.08 Å². The molecule has 8 heteroatoms. The zero-order chi connectivity index (χ0) is 24.1. The molecule has 0 saturated heterocycles. The maximum absolute atomic E-state index is 13.5. The predicted octanol–water partition coefficient (Wildman–Crippen LogP) is 3.76. The average molecular weight is 451 g/mol. The average Bonchev–Trinajstić information content (AvgIpc) is 3.07. The number of rotatable bonds is 7. The molecule has 0 bridgehead atoms. The van der Waals surface area contributed by atoms with Gasteiger partial charge in [-0.2, -0.15) is 0 Å². The fraction of sp³-hybridized carbons (Fsp3) is 0.240. The summed E-state index contributed by atoms with van der Waals surface area (Å²) in [5.41, 5.74) is 2.12. The molecule has 1 amide bonds. The highest BCUT2D eigenvalue weighted by Crippen LogP contribution is 2.37. The lowest BCUT2D eigenvalue weighted by molar-refractivity contribution is -0.136. The van der Waals surface area contributed by atoms with Crippen LogP contribution in [0, 0.1) is 0 Å². The van der Waals surface area contributed by atoms with E-state index in [1.165, 1.54) is 26.2 Å². The molecule has 1 aliphatic rings. The highest BCUT2D eigenvalue weighted by molar-refractivity contribution is 6.24. The van der Waals surface area contributed by atoms with E-state index in [9.17, 15) is 14.4 Å². The molecular formula is C25H25NO7. The van der Waals surface area contributed by atoms with Gasteiger partial charge in [-0.3, -0.25) is 9.69 Å². The largest absolute Gasteiger partial charge is 0.497 e. The highest BCUT2D eigenvalue weighted by Gasteiger charge is 2.38. The molecule has 1 aliphatic heterocycles. The molecular weight excluding hydrogens is 426 g/mol. The van der Waals surface area contributed by atoms with E-state index < -0.39 is 17.8 Å². The van der Waals surface area contributed by atoms with Crippen LogP contribution in [-0.2, 0) is 19.1 Å². The SMILES string of the molecule is CCOC(=O)c1ccc(N2C(=O)/C(=C\c3cc(OC)ccc3OC)C(C(=O)OC)=C2C)cc1. The van der Waals surface area contributed by atoms with Crippen molar-refractivity contribution in [1.82, 2.24) is 0 Å². The Morgan fingerprint density at radius 2 is 1.67 bits per heavy atom. The lowest BCUT2D eigenvalue weighted by Crippen LogP contribution is -2.24. The van der Waals surface area contributed by atoms with Gasteiger partial charge in [0.25, 0.3) is 5.91 Å². The van der Waals surface area contributed by atoms with Gasteiger partial charge in [-0.25, -0.2) is 9.59 Å². The van der Waals surface area contributed by atoms with Crippen molar-refractivity contribution in [3.63, 3.8) is 0 Å². The topological polar surface area (TPSA) is 91.4 Å². The van der Waals surface area contributed by atoms with E-state index in [0.717, 1.165) is 0 Å². The van der Waals surface area contributed by atoms with Gasteiger partial charge in [0.1, 0.15) is 11.5 Å². The molecule has 0 spiro atoms. The van der Waals surface area contributed by atoms with Crippen LogP contribution in [0.15, 0.2) is 59.3 Å². The number of esters is 2. The van der Waals surface area contributed by atoms with Gasteiger partial charge in [0, 0.05) is 16.9 Å². The number of nitrogens with zero attached hydrogens (tertiary/aromatic N) is 1. The second-order valence-corrected chi connectivity index (χ2v) is 7.03. The van der Waals surface area contributed by atoms with Gasteiger partial charge in [0.15, 0.2) is 0 Å². The molecule has 0 unspecified atom stereocenters. The number of allylic oxidation sites excluding steroid dienone is 1. The maximum atomic E-state index is 13.5. The third-order valence-corrected chi connectivity index (χ3v) is 5.16. The summed E-state index contributed by atoms with van der Waals surface area (Å²) in [6.07, 6.45) is 1.58. The molecule has 172 valence electrons. The fourth-order valence-electron chi connectivity index (χ4n) is 3.56. The van der Waals surface area contributed by atoms with E-state index in [4.69, 9.17) is 18.9 Å². The number of benzene rings is 2. The van der Waals surface area contributed by atoms with Crippen LogP contribution in [0.4, 0.5) is 5.69 Å². The van der Waals surface area contributed by atoms with Crippen molar-refractivity contribution < 1.29 is 33.3 Å². The molecule has 0 aromatic heterocycles. The monoisotopic (exact) mass is 451 g/mol. The van der Waals surface area contributed by atoms with Gasteiger partial charge in [0.05, 0.1) is 44.6 Å². The number of ether oxygens (including phenoxy) is 4. The number of hydrogen-bond acceptors (Lipinski definition) is 7. The van der Waals surface area contributed by atoms with Gasteiger partial charge in [0.2, 0.25) is 0 Å². The number of hydrogen-bond donors (Lipinski definition) is 0. The van der Waals surface area contributed by atoms with Gasteiger partial charge in [-0.05, 0) is 62.4 Å². The van der Waals surface area contributed by atoms with E-state index in [2.05, 4.69) is 0 Å². The van der Waals surface area contributed by atoms with Crippen molar-refractivity contribution in [3.05, 3.63) is 70.4 Å². The Bertz CT molecular complexity index is 1150. The Kier molecular flexibility index (Phi) is 7.17. The minimum absolute atomic E-state index is 0.141. The lowest BCUT2D eigenvalue weighted by atomic mass is 10.0. The Morgan fingerprint density at radius 1 is 0.970 bits per heavy atom. The first-order valence-electron chi connectivity index (χ1n) is 10.2. The quantitative estimate of drug-likeness (QED) is 0.468. The molecule has 0 radical (unpaired) electrons. The fourth-order valence-corrected chi connectivity index (χ4v) is 3.56. The first-order chi connectivity index (χ1) is 15.9. The summed E-state index contributed by atoms with van der Waals surface area (Å²) in [6.45, 7) is 3.65. The Morgan fingerprint density at radius 3 is 2.24 bits per heavy atom. The normalized spacial score (nSPS) is 14.5. The summed E-state index contributed by atoms with van der Waals surface area (Å²) in [7, 11) is 4.30. The molecule has 3 rings (SSSR count). The van der Waals surface area contributed by atoms with Gasteiger partial charge >= 0.3 is 11.9 Å². The van der Waals surface area contributed by atoms with Crippen LogP contribution in [0.1, 0.15) is 29.8 Å². The third kappa shape index (κ3) is 4.59. The molecule has 0 fully saturated rings. The van der Waals surface area contributed by atoms with E-state index in [-0.39, 0.29) is 17.8 Å². The number of carbonyl (C=O) groups is 3. The van der Waals surface area contributed by atoms with Gasteiger partial charge in [-0.1, -0.05) is 0 Å².